The highest BCUT2D eigenvalue weighted by Crippen LogP contribution is 2.03. The zero-order valence-corrected chi connectivity index (χ0v) is 6.62. The van der Waals surface area contributed by atoms with Gasteiger partial charge < -0.3 is 10.5 Å². The van der Waals surface area contributed by atoms with E-state index in [1.54, 1.807) is 24.5 Å². The Labute approximate surface area is 71.0 Å². The van der Waals surface area contributed by atoms with Crippen LogP contribution >= 0.6 is 12.4 Å². The first-order valence-electron chi connectivity index (χ1n) is 2.95. The molecule has 0 radical (unpaired) electrons. The number of nitrogens with zero attached hydrogens (tertiary/aromatic N) is 1. The van der Waals surface area contributed by atoms with Crippen molar-refractivity contribution in [3.63, 3.8) is 0 Å². The van der Waals surface area contributed by atoms with Crippen molar-refractivity contribution in [2.75, 3.05) is 0 Å². The molecule has 3 nitrogen and oxygen atoms in total. The molecule has 1 heterocycles. The molecular weight excluding hydrogens is 164 g/mol. The summed E-state index contributed by atoms with van der Waals surface area (Å²) in [5.41, 5.74) is 6.13. The number of halogens is 1. The number of carbonyl (C=O) groups is 1. The van der Waals surface area contributed by atoms with Gasteiger partial charge in [0.1, 0.15) is 6.29 Å². The molecule has 0 bridgehead atoms. The van der Waals surface area contributed by atoms with Crippen LogP contribution < -0.4 is 5.73 Å². The van der Waals surface area contributed by atoms with Crippen molar-refractivity contribution in [1.29, 1.82) is 0 Å². The molecule has 0 fully saturated rings. The van der Waals surface area contributed by atoms with Crippen LogP contribution in [0.4, 0.5) is 0 Å². The summed E-state index contributed by atoms with van der Waals surface area (Å²) in [6, 6.07) is 2.98. The number of hydrogen-bond donors (Lipinski definition) is 1. The molecule has 1 atom stereocenters. The summed E-state index contributed by atoms with van der Waals surface area (Å²) in [6.45, 7) is 0. The van der Waals surface area contributed by atoms with Gasteiger partial charge in [0.15, 0.2) is 0 Å². The van der Waals surface area contributed by atoms with Gasteiger partial charge in [-0.25, -0.2) is 0 Å². The summed E-state index contributed by atoms with van der Waals surface area (Å²) in [4.78, 5) is 14.0. The van der Waals surface area contributed by atoms with Crippen LogP contribution in [0.1, 0.15) is 11.6 Å². The van der Waals surface area contributed by atoms with Gasteiger partial charge in [-0.1, -0.05) is 6.07 Å². The Morgan fingerprint density at radius 1 is 1.64 bits per heavy atom. The number of aldehydes is 1. The van der Waals surface area contributed by atoms with Crippen LogP contribution in [0.3, 0.4) is 0 Å². The zero-order valence-electron chi connectivity index (χ0n) is 5.81. The molecule has 1 aromatic rings. The first-order valence-corrected chi connectivity index (χ1v) is 2.95. The second kappa shape index (κ2) is 4.82. The molecular formula is C7H9ClN2O. The molecule has 0 saturated heterocycles. The second-order valence-electron chi connectivity index (χ2n) is 1.95. The molecule has 0 aliphatic heterocycles. The molecule has 1 rings (SSSR count). The Kier molecular flexibility index (Phi) is 4.41. The normalized spacial score (nSPS) is 11.4. The summed E-state index contributed by atoms with van der Waals surface area (Å²) < 4.78 is 0. The van der Waals surface area contributed by atoms with Crippen LogP contribution in [0.15, 0.2) is 24.5 Å². The largest absolute Gasteiger partial charge is 0.318 e. The van der Waals surface area contributed by atoms with Gasteiger partial charge in [0.2, 0.25) is 0 Å². The molecule has 1 unspecified atom stereocenters. The van der Waals surface area contributed by atoms with E-state index in [2.05, 4.69) is 4.98 Å². The quantitative estimate of drug-likeness (QED) is 0.669. The maximum atomic E-state index is 10.2. The van der Waals surface area contributed by atoms with Gasteiger partial charge in [-0.05, 0) is 11.6 Å². The van der Waals surface area contributed by atoms with Crippen molar-refractivity contribution in [2.45, 2.75) is 6.04 Å². The SMILES string of the molecule is Cl.NC(C=O)c1cccnc1. The topological polar surface area (TPSA) is 56.0 Å². The average molecular weight is 173 g/mol. The van der Waals surface area contributed by atoms with Crippen molar-refractivity contribution in [1.82, 2.24) is 4.98 Å². The number of hydrogen-bond acceptors (Lipinski definition) is 3. The van der Waals surface area contributed by atoms with Gasteiger partial charge in [0.25, 0.3) is 0 Å². The van der Waals surface area contributed by atoms with E-state index in [1.807, 2.05) is 0 Å². The number of nitrogens with two attached hydrogens (primary N) is 1. The van der Waals surface area contributed by atoms with Gasteiger partial charge in [-0.15, -0.1) is 12.4 Å². The van der Waals surface area contributed by atoms with E-state index in [0.717, 1.165) is 5.56 Å². The van der Waals surface area contributed by atoms with Crippen LogP contribution in [-0.2, 0) is 4.79 Å². The molecule has 11 heavy (non-hydrogen) atoms. The minimum Gasteiger partial charge on any atom is -0.318 e. The van der Waals surface area contributed by atoms with Gasteiger partial charge in [-0.2, -0.15) is 0 Å². The van der Waals surface area contributed by atoms with E-state index in [0.29, 0.717) is 6.29 Å². The van der Waals surface area contributed by atoms with E-state index in [-0.39, 0.29) is 12.4 Å². The summed E-state index contributed by atoms with van der Waals surface area (Å²) >= 11 is 0. The molecule has 4 heteroatoms. The molecule has 0 aromatic carbocycles. The second-order valence-corrected chi connectivity index (χ2v) is 1.95. The van der Waals surface area contributed by atoms with Crippen molar-refractivity contribution in [3.8, 4) is 0 Å². The highest BCUT2D eigenvalue weighted by Gasteiger charge is 2.00. The average Bonchev–Trinajstić information content (AvgIpc) is 2.05. The number of aromatic nitrogens is 1. The number of pyridine rings is 1. The minimum absolute atomic E-state index is 0. The van der Waals surface area contributed by atoms with Crippen LogP contribution in [-0.4, -0.2) is 11.3 Å². The predicted molar refractivity (Wildman–Crippen MR) is 44.5 cm³/mol. The van der Waals surface area contributed by atoms with E-state index >= 15 is 0 Å². The fourth-order valence-electron chi connectivity index (χ4n) is 0.652. The van der Waals surface area contributed by atoms with Gasteiger partial charge in [0, 0.05) is 12.4 Å². The molecule has 0 saturated carbocycles. The Balaban J connectivity index is 0.000001000. The minimum atomic E-state index is -0.534. The Morgan fingerprint density at radius 3 is 2.82 bits per heavy atom. The lowest BCUT2D eigenvalue weighted by Gasteiger charge is -2.00. The summed E-state index contributed by atoms with van der Waals surface area (Å²) in [6.07, 6.45) is 3.91. The lowest BCUT2D eigenvalue weighted by atomic mass is 10.1. The monoisotopic (exact) mass is 172 g/mol. The maximum Gasteiger partial charge on any atom is 0.141 e. The third kappa shape index (κ3) is 2.65. The van der Waals surface area contributed by atoms with Crippen molar-refractivity contribution in [2.24, 2.45) is 5.73 Å². The van der Waals surface area contributed by atoms with Crippen LogP contribution in [0, 0.1) is 0 Å². The van der Waals surface area contributed by atoms with Gasteiger partial charge in [0.05, 0.1) is 6.04 Å². The molecule has 0 aliphatic rings. The lowest BCUT2D eigenvalue weighted by Crippen LogP contribution is -2.10. The summed E-state index contributed by atoms with van der Waals surface area (Å²) in [5.74, 6) is 0. The third-order valence-electron chi connectivity index (χ3n) is 1.22. The first-order chi connectivity index (χ1) is 4.84. The van der Waals surface area contributed by atoms with Crippen LogP contribution in [0.5, 0.6) is 0 Å². The summed E-state index contributed by atoms with van der Waals surface area (Å²) in [7, 11) is 0. The van der Waals surface area contributed by atoms with E-state index in [9.17, 15) is 4.79 Å². The zero-order chi connectivity index (χ0) is 7.40. The molecule has 60 valence electrons. The number of carbonyl (C=O) groups excluding carboxylic acids is 1. The van der Waals surface area contributed by atoms with E-state index in [4.69, 9.17) is 5.73 Å². The van der Waals surface area contributed by atoms with Crippen LogP contribution in [0.25, 0.3) is 0 Å². The maximum absolute atomic E-state index is 10.2. The lowest BCUT2D eigenvalue weighted by molar-refractivity contribution is -0.109. The fourth-order valence-corrected chi connectivity index (χ4v) is 0.652. The van der Waals surface area contributed by atoms with Crippen molar-refractivity contribution >= 4 is 18.7 Å². The van der Waals surface area contributed by atoms with Gasteiger partial charge in [-0.3, -0.25) is 4.98 Å². The molecule has 1 aromatic heterocycles. The highest BCUT2D eigenvalue weighted by atomic mass is 35.5. The third-order valence-corrected chi connectivity index (χ3v) is 1.22. The van der Waals surface area contributed by atoms with Crippen molar-refractivity contribution < 1.29 is 4.79 Å². The molecule has 2 N–H and O–H groups in total. The fraction of sp³-hybridized carbons (Fsp3) is 0.143. The van der Waals surface area contributed by atoms with E-state index in [1.165, 1.54) is 0 Å². The Hall–Kier alpha value is -0.930. The summed E-state index contributed by atoms with van der Waals surface area (Å²) in [5, 5.41) is 0. The first kappa shape index (κ1) is 10.1. The number of rotatable bonds is 2. The Morgan fingerprint density at radius 2 is 2.36 bits per heavy atom. The molecule has 0 aliphatic carbocycles. The Bertz CT molecular complexity index is 215. The predicted octanol–water partition coefficient (Wildman–Crippen LogP) is 0.702. The van der Waals surface area contributed by atoms with Crippen molar-refractivity contribution in [3.05, 3.63) is 30.1 Å². The van der Waals surface area contributed by atoms with Crippen LogP contribution in [0.2, 0.25) is 0 Å². The molecule has 0 amide bonds. The van der Waals surface area contributed by atoms with E-state index < -0.39 is 6.04 Å². The van der Waals surface area contributed by atoms with Gasteiger partial charge >= 0.3 is 0 Å². The highest BCUT2D eigenvalue weighted by molar-refractivity contribution is 5.85. The smallest absolute Gasteiger partial charge is 0.141 e. The standard InChI is InChI=1S/C7H8N2O.ClH/c8-7(5-10)6-2-1-3-9-4-6;/h1-5,7H,8H2;1H. The molecule has 0 spiro atoms.